The van der Waals surface area contributed by atoms with E-state index in [1.165, 1.54) is 4.68 Å². The Balaban J connectivity index is 2.58. The van der Waals surface area contributed by atoms with Crippen molar-refractivity contribution in [2.45, 2.75) is 58.9 Å². The topological polar surface area (TPSA) is 113 Å². The van der Waals surface area contributed by atoms with E-state index in [0.717, 1.165) is 0 Å². The van der Waals surface area contributed by atoms with Crippen LogP contribution in [0.25, 0.3) is 0 Å². The predicted octanol–water partition coefficient (Wildman–Crippen LogP) is 0.518. The molecule has 3 N–H and O–H groups in total. The molecule has 8 heteroatoms. The van der Waals surface area contributed by atoms with E-state index in [1.807, 2.05) is 6.92 Å². The number of rotatable bonds is 8. The van der Waals surface area contributed by atoms with Crippen LogP contribution in [0.1, 0.15) is 31.7 Å². The van der Waals surface area contributed by atoms with Crippen LogP contribution < -0.4 is 5.32 Å². The van der Waals surface area contributed by atoms with Gasteiger partial charge >= 0.3 is 5.69 Å². The molecule has 0 aliphatic carbocycles. The summed E-state index contributed by atoms with van der Waals surface area (Å²) in [6, 6.07) is 0.0782. The van der Waals surface area contributed by atoms with Gasteiger partial charge in [0, 0.05) is 12.6 Å². The Bertz CT molecular complexity index is 487. The highest BCUT2D eigenvalue weighted by Crippen LogP contribution is 2.21. The largest absolute Gasteiger partial charge is 0.393 e. The molecule has 1 rings (SSSR count). The highest BCUT2D eigenvalue weighted by atomic mass is 16.6. The van der Waals surface area contributed by atoms with Gasteiger partial charge in [0.05, 0.1) is 23.7 Å². The van der Waals surface area contributed by atoms with Crippen LogP contribution in [-0.4, -0.2) is 49.7 Å². The van der Waals surface area contributed by atoms with E-state index >= 15 is 0 Å². The number of hydrogen-bond acceptors (Lipinski definition) is 6. The zero-order valence-corrected chi connectivity index (χ0v) is 12.9. The van der Waals surface area contributed by atoms with Gasteiger partial charge in [0.15, 0.2) is 0 Å². The zero-order valence-electron chi connectivity index (χ0n) is 12.9. The van der Waals surface area contributed by atoms with Gasteiger partial charge in [-0.25, -0.2) is 0 Å². The molecule has 0 radical (unpaired) electrons. The van der Waals surface area contributed by atoms with Crippen molar-refractivity contribution in [2.24, 2.45) is 0 Å². The van der Waals surface area contributed by atoms with Crippen molar-refractivity contribution >= 4 is 5.69 Å². The monoisotopic (exact) mass is 300 g/mol. The molecule has 120 valence electrons. The molecule has 1 heterocycles. The van der Waals surface area contributed by atoms with Gasteiger partial charge in [-0.15, -0.1) is 0 Å². The van der Waals surface area contributed by atoms with E-state index < -0.39 is 17.1 Å². The molecule has 1 aromatic heterocycles. The Kier molecular flexibility index (Phi) is 6.25. The standard InChI is InChI=1S/C13H24N4O4/c1-8(5-9(2)18)14-6-12(19)7-16-11(4)13(17(20)21)10(3)15-16/h8-9,12,14,18-19H,5-7H2,1-4H3. The molecule has 3 atom stereocenters. The Morgan fingerprint density at radius 3 is 2.48 bits per heavy atom. The number of aromatic nitrogens is 2. The highest BCUT2D eigenvalue weighted by molar-refractivity contribution is 5.39. The molecule has 0 amide bonds. The number of nitrogens with zero attached hydrogens (tertiary/aromatic N) is 3. The van der Waals surface area contributed by atoms with E-state index in [9.17, 15) is 20.3 Å². The molecule has 21 heavy (non-hydrogen) atoms. The number of nitro groups is 1. The van der Waals surface area contributed by atoms with Crippen LogP contribution in [0.15, 0.2) is 0 Å². The van der Waals surface area contributed by atoms with Gasteiger partial charge in [0.2, 0.25) is 0 Å². The summed E-state index contributed by atoms with van der Waals surface area (Å²) in [5, 5.41) is 37.4. The number of hydrogen-bond donors (Lipinski definition) is 3. The lowest BCUT2D eigenvalue weighted by Gasteiger charge is -2.18. The minimum atomic E-state index is -0.709. The molecule has 3 unspecified atom stereocenters. The van der Waals surface area contributed by atoms with Crippen molar-refractivity contribution < 1.29 is 15.1 Å². The summed E-state index contributed by atoms with van der Waals surface area (Å²) in [5.41, 5.74) is 0.784. The van der Waals surface area contributed by atoms with Crippen molar-refractivity contribution in [2.75, 3.05) is 6.54 Å². The minimum absolute atomic E-state index is 0.00219. The van der Waals surface area contributed by atoms with Crippen molar-refractivity contribution in [3.8, 4) is 0 Å². The van der Waals surface area contributed by atoms with Crippen LogP contribution in [0.4, 0.5) is 5.69 Å². The maximum absolute atomic E-state index is 10.9. The summed E-state index contributed by atoms with van der Waals surface area (Å²) >= 11 is 0. The SMILES string of the molecule is Cc1nn(CC(O)CNC(C)CC(C)O)c(C)c1[N+](=O)[O-]. The molecule has 0 aromatic carbocycles. The van der Waals surface area contributed by atoms with Crippen molar-refractivity contribution in [1.29, 1.82) is 0 Å². The van der Waals surface area contributed by atoms with Crippen molar-refractivity contribution in [3.05, 3.63) is 21.5 Å². The van der Waals surface area contributed by atoms with Crippen LogP contribution in [0.2, 0.25) is 0 Å². The molecular formula is C13H24N4O4. The van der Waals surface area contributed by atoms with Gasteiger partial charge in [-0.05, 0) is 34.1 Å². The van der Waals surface area contributed by atoms with Crippen LogP contribution in [-0.2, 0) is 6.54 Å². The van der Waals surface area contributed by atoms with Crippen LogP contribution in [0, 0.1) is 24.0 Å². The number of aryl methyl sites for hydroxylation is 1. The Labute approximate surface area is 123 Å². The maximum atomic E-state index is 10.9. The summed E-state index contributed by atoms with van der Waals surface area (Å²) < 4.78 is 1.46. The van der Waals surface area contributed by atoms with Gasteiger partial charge < -0.3 is 15.5 Å². The normalized spacial score (nSPS) is 15.7. The van der Waals surface area contributed by atoms with Gasteiger partial charge in [0.1, 0.15) is 11.4 Å². The second-order valence-electron chi connectivity index (χ2n) is 5.51. The van der Waals surface area contributed by atoms with E-state index in [2.05, 4.69) is 10.4 Å². The lowest BCUT2D eigenvalue weighted by atomic mass is 10.1. The molecule has 0 saturated carbocycles. The van der Waals surface area contributed by atoms with E-state index in [1.54, 1.807) is 20.8 Å². The minimum Gasteiger partial charge on any atom is -0.393 e. The fraction of sp³-hybridized carbons (Fsp3) is 0.769. The van der Waals surface area contributed by atoms with E-state index in [0.29, 0.717) is 24.4 Å². The van der Waals surface area contributed by atoms with Crippen LogP contribution >= 0.6 is 0 Å². The van der Waals surface area contributed by atoms with Gasteiger partial charge in [-0.1, -0.05) is 0 Å². The second kappa shape index (κ2) is 7.48. The van der Waals surface area contributed by atoms with Gasteiger partial charge in [0.25, 0.3) is 0 Å². The Hall–Kier alpha value is -1.51. The lowest BCUT2D eigenvalue weighted by molar-refractivity contribution is -0.386. The molecule has 1 aromatic rings. The van der Waals surface area contributed by atoms with Crippen LogP contribution in [0.3, 0.4) is 0 Å². The summed E-state index contributed by atoms with van der Waals surface area (Å²) in [4.78, 5) is 10.5. The Morgan fingerprint density at radius 1 is 1.38 bits per heavy atom. The quantitative estimate of drug-likeness (QED) is 0.476. The molecule has 8 nitrogen and oxygen atoms in total. The third-order valence-electron chi connectivity index (χ3n) is 3.31. The first kappa shape index (κ1) is 17.5. The molecule has 0 saturated heterocycles. The predicted molar refractivity (Wildman–Crippen MR) is 78.1 cm³/mol. The maximum Gasteiger partial charge on any atom is 0.312 e. The number of aliphatic hydroxyl groups is 2. The number of aliphatic hydroxyl groups excluding tert-OH is 2. The third-order valence-corrected chi connectivity index (χ3v) is 3.31. The van der Waals surface area contributed by atoms with Crippen LogP contribution in [0.5, 0.6) is 0 Å². The smallest absolute Gasteiger partial charge is 0.312 e. The molecular weight excluding hydrogens is 276 g/mol. The first-order valence-corrected chi connectivity index (χ1v) is 7.00. The average Bonchev–Trinajstić information content (AvgIpc) is 2.61. The number of nitrogens with one attached hydrogen (secondary N) is 1. The van der Waals surface area contributed by atoms with Gasteiger partial charge in [-0.3, -0.25) is 14.8 Å². The van der Waals surface area contributed by atoms with E-state index in [-0.39, 0.29) is 18.3 Å². The fourth-order valence-corrected chi connectivity index (χ4v) is 2.33. The van der Waals surface area contributed by atoms with Gasteiger partial charge in [-0.2, -0.15) is 5.10 Å². The summed E-state index contributed by atoms with van der Waals surface area (Å²) in [6.07, 6.45) is -0.514. The molecule has 0 bridgehead atoms. The first-order valence-electron chi connectivity index (χ1n) is 7.00. The van der Waals surface area contributed by atoms with E-state index in [4.69, 9.17) is 0 Å². The highest BCUT2D eigenvalue weighted by Gasteiger charge is 2.22. The van der Waals surface area contributed by atoms with Crippen molar-refractivity contribution in [1.82, 2.24) is 15.1 Å². The average molecular weight is 300 g/mol. The molecule has 0 aliphatic rings. The fourth-order valence-electron chi connectivity index (χ4n) is 2.33. The third kappa shape index (κ3) is 5.07. The first-order chi connectivity index (χ1) is 9.72. The molecule has 0 aliphatic heterocycles. The molecule has 0 spiro atoms. The summed E-state index contributed by atoms with van der Waals surface area (Å²) in [6.45, 7) is 7.36. The second-order valence-corrected chi connectivity index (χ2v) is 5.51. The zero-order chi connectivity index (χ0) is 16.2. The molecule has 0 fully saturated rings. The summed E-state index contributed by atoms with van der Waals surface area (Å²) in [5.74, 6) is 0. The summed E-state index contributed by atoms with van der Waals surface area (Å²) in [7, 11) is 0. The van der Waals surface area contributed by atoms with Crippen molar-refractivity contribution in [3.63, 3.8) is 0 Å². The lowest BCUT2D eigenvalue weighted by Crippen LogP contribution is -2.37. The Morgan fingerprint density at radius 2 is 2.00 bits per heavy atom.